The van der Waals surface area contributed by atoms with E-state index in [1.807, 2.05) is 24.3 Å². The largest absolute Gasteiger partial charge is 0.465 e. The second-order valence-corrected chi connectivity index (χ2v) is 10.7. The van der Waals surface area contributed by atoms with E-state index in [1.54, 1.807) is 11.5 Å². The highest BCUT2D eigenvalue weighted by atomic mass is 16.5. The molecule has 2 aliphatic rings. The summed E-state index contributed by atoms with van der Waals surface area (Å²) >= 11 is 0. The molecule has 202 valence electrons. The average Bonchev–Trinajstić information content (AvgIpc) is 3.21. The van der Waals surface area contributed by atoms with Gasteiger partial charge in [0.05, 0.1) is 17.6 Å². The monoisotopic (exact) mass is 510 g/mol. The summed E-state index contributed by atoms with van der Waals surface area (Å²) in [4.78, 5) is 45.4. The minimum absolute atomic E-state index is 0.108. The third-order valence-corrected chi connectivity index (χ3v) is 8.11. The van der Waals surface area contributed by atoms with Gasteiger partial charge in [-0.25, -0.2) is 4.98 Å². The highest BCUT2D eigenvalue weighted by molar-refractivity contribution is 5.95. The smallest absolute Gasteiger partial charge is 0.325 e. The number of rotatable bonds is 8. The number of nitrogens with zero attached hydrogens (tertiary/aromatic N) is 3. The summed E-state index contributed by atoms with van der Waals surface area (Å²) in [5.74, 6) is -1.20. The van der Waals surface area contributed by atoms with E-state index in [-0.39, 0.29) is 24.9 Å². The van der Waals surface area contributed by atoms with Gasteiger partial charge in [0.15, 0.2) is 5.69 Å². The lowest BCUT2D eigenvalue weighted by atomic mass is 9.94. The highest BCUT2D eigenvalue weighted by Crippen LogP contribution is 2.35. The minimum Gasteiger partial charge on any atom is -0.465 e. The van der Waals surface area contributed by atoms with E-state index in [0.717, 1.165) is 18.4 Å². The third kappa shape index (κ3) is 6.40. The summed E-state index contributed by atoms with van der Waals surface area (Å²) in [5.41, 5.74) is 0.708. The summed E-state index contributed by atoms with van der Waals surface area (Å²) in [6.07, 6.45) is 12.3. The number of ether oxygens (including phenoxy) is 1. The van der Waals surface area contributed by atoms with E-state index in [1.165, 1.54) is 51.4 Å². The van der Waals surface area contributed by atoms with Crippen molar-refractivity contribution in [3.05, 3.63) is 40.3 Å². The van der Waals surface area contributed by atoms with Gasteiger partial charge in [-0.2, -0.15) is 0 Å². The van der Waals surface area contributed by atoms with E-state index in [4.69, 9.17) is 4.74 Å². The van der Waals surface area contributed by atoms with Crippen molar-refractivity contribution < 1.29 is 14.3 Å². The molecule has 3 atom stereocenters. The quantitative estimate of drug-likeness (QED) is 0.522. The molecule has 1 aliphatic carbocycles. The number of amides is 1. The van der Waals surface area contributed by atoms with Crippen molar-refractivity contribution in [3.63, 3.8) is 0 Å². The number of carbonyl (C=O) groups excluding carboxylic acids is 2. The van der Waals surface area contributed by atoms with E-state index >= 15 is 0 Å². The van der Waals surface area contributed by atoms with Gasteiger partial charge in [0.1, 0.15) is 6.54 Å². The summed E-state index contributed by atoms with van der Waals surface area (Å²) in [7, 11) is 0. The van der Waals surface area contributed by atoms with Gasteiger partial charge in [0.2, 0.25) is 0 Å². The fourth-order valence-corrected chi connectivity index (χ4v) is 6.41. The second-order valence-electron chi connectivity index (χ2n) is 10.7. The number of benzene rings is 1. The zero-order chi connectivity index (χ0) is 26.4. The summed E-state index contributed by atoms with van der Waals surface area (Å²) in [6, 6.07) is 8.93. The van der Waals surface area contributed by atoms with Crippen LogP contribution in [0, 0.1) is 0 Å². The van der Waals surface area contributed by atoms with Gasteiger partial charge in [-0.1, -0.05) is 44.2 Å². The SMILES string of the molecule is CCOC(=O)CNC(=O)c1nc2ccccc2n([C@@H](C)C[C@@H]2CC[C@H](C)N2C2CCCCCCC2)c1=O. The molecule has 1 N–H and O–H groups in total. The molecule has 0 unspecified atom stereocenters. The molecule has 2 heterocycles. The average molecular weight is 511 g/mol. The van der Waals surface area contributed by atoms with Crippen LogP contribution in [-0.4, -0.2) is 57.6 Å². The summed E-state index contributed by atoms with van der Waals surface area (Å²) in [5, 5.41) is 2.50. The van der Waals surface area contributed by atoms with Crippen molar-refractivity contribution in [2.75, 3.05) is 13.2 Å². The fraction of sp³-hybridized carbons (Fsp3) is 0.655. The number of likely N-dealkylation sites (tertiary alicyclic amines) is 1. The first-order chi connectivity index (χ1) is 17.9. The number of nitrogens with one attached hydrogen (secondary N) is 1. The lowest BCUT2D eigenvalue weighted by Gasteiger charge is -2.38. The van der Waals surface area contributed by atoms with Gasteiger partial charge in [-0.15, -0.1) is 0 Å². The second kappa shape index (κ2) is 12.7. The number of aromatic nitrogens is 2. The molecule has 2 fully saturated rings. The lowest BCUT2D eigenvalue weighted by Crippen LogP contribution is -2.45. The maximum Gasteiger partial charge on any atom is 0.325 e. The predicted octanol–water partition coefficient (Wildman–Crippen LogP) is 4.61. The van der Waals surface area contributed by atoms with Crippen LogP contribution in [0.25, 0.3) is 11.0 Å². The number of hydrogen-bond acceptors (Lipinski definition) is 6. The van der Waals surface area contributed by atoms with Crippen molar-refractivity contribution in [2.45, 2.75) is 109 Å². The number of fused-ring (bicyclic) bond motifs is 1. The van der Waals surface area contributed by atoms with Crippen molar-refractivity contribution >= 4 is 22.9 Å². The first-order valence-electron chi connectivity index (χ1n) is 14.1. The molecular weight excluding hydrogens is 468 g/mol. The Morgan fingerprint density at radius 2 is 1.78 bits per heavy atom. The molecule has 8 heteroatoms. The normalized spacial score (nSPS) is 22.4. The minimum atomic E-state index is -0.657. The first-order valence-corrected chi connectivity index (χ1v) is 14.1. The summed E-state index contributed by atoms with van der Waals surface area (Å²) < 4.78 is 6.62. The van der Waals surface area contributed by atoms with Crippen molar-refractivity contribution in [1.29, 1.82) is 0 Å². The maximum absolute atomic E-state index is 13.7. The zero-order valence-electron chi connectivity index (χ0n) is 22.6. The predicted molar refractivity (Wildman–Crippen MR) is 145 cm³/mol. The molecule has 8 nitrogen and oxygen atoms in total. The van der Waals surface area contributed by atoms with Crippen molar-refractivity contribution in [1.82, 2.24) is 19.8 Å². The fourth-order valence-electron chi connectivity index (χ4n) is 6.41. The Labute approximate surface area is 219 Å². The molecule has 2 aromatic rings. The molecule has 1 aromatic heterocycles. The van der Waals surface area contributed by atoms with Gasteiger partial charge in [0, 0.05) is 24.2 Å². The number of hydrogen-bond donors (Lipinski definition) is 1. The molecule has 4 rings (SSSR count). The molecule has 37 heavy (non-hydrogen) atoms. The first kappa shape index (κ1) is 27.3. The van der Waals surface area contributed by atoms with Crippen molar-refractivity contribution in [3.8, 4) is 0 Å². The number of esters is 1. The Morgan fingerprint density at radius 1 is 1.08 bits per heavy atom. The lowest BCUT2D eigenvalue weighted by molar-refractivity contribution is -0.141. The molecule has 0 radical (unpaired) electrons. The highest BCUT2D eigenvalue weighted by Gasteiger charge is 2.36. The Kier molecular flexibility index (Phi) is 9.35. The topological polar surface area (TPSA) is 93.5 Å². The Hall–Kier alpha value is -2.74. The van der Waals surface area contributed by atoms with E-state index in [9.17, 15) is 14.4 Å². The van der Waals surface area contributed by atoms with E-state index in [0.29, 0.717) is 23.6 Å². The molecule has 1 aliphatic heterocycles. The van der Waals surface area contributed by atoms with Gasteiger partial charge >= 0.3 is 5.97 Å². The molecular formula is C29H42N4O4. The van der Waals surface area contributed by atoms with Crippen LogP contribution in [0.1, 0.15) is 102 Å². The summed E-state index contributed by atoms with van der Waals surface area (Å²) in [6.45, 7) is 6.06. The Balaban J connectivity index is 1.59. The van der Waals surface area contributed by atoms with Gasteiger partial charge in [-0.05, 0) is 65.0 Å². The molecule has 1 saturated heterocycles. The molecule has 1 aromatic carbocycles. The molecule has 1 saturated carbocycles. The van der Waals surface area contributed by atoms with Gasteiger partial charge in [0.25, 0.3) is 11.5 Å². The maximum atomic E-state index is 13.7. The van der Waals surface area contributed by atoms with Crippen LogP contribution in [0.4, 0.5) is 0 Å². The van der Waals surface area contributed by atoms with Gasteiger partial charge in [-0.3, -0.25) is 19.3 Å². The number of carbonyl (C=O) groups is 2. The van der Waals surface area contributed by atoms with Crippen LogP contribution in [0.3, 0.4) is 0 Å². The Morgan fingerprint density at radius 3 is 2.51 bits per heavy atom. The standard InChI is InChI=1S/C29H42N4O4/c1-4-37-26(34)19-30-28(35)27-29(36)33(25-15-11-10-14-24(25)31-27)21(3)18-23-17-16-20(2)32(23)22-12-8-6-5-7-9-13-22/h10-11,14-15,20-23H,4-9,12-13,16-19H2,1-3H3,(H,30,35)/t20-,21-,23-/m0/s1. The molecule has 1 amide bonds. The van der Waals surface area contributed by atoms with E-state index < -0.39 is 17.4 Å². The van der Waals surface area contributed by atoms with Crippen LogP contribution in [0.15, 0.2) is 29.1 Å². The van der Waals surface area contributed by atoms with Crippen LogP contribution in [0.2, 0.25) is 0 Å². The molecule has 0 spiro atoms. The van der Waals surface area contributed by atoms with E-state index in [2.05, 4.69) is 29.0 Å². The molecule has 0 bridgehead atoms. The van der Waals surface area contributed by atoms with Crippen LogP contribution < -0.4 is 10.9 Å². The van der Waals surface area contributed by atoms with Crippen LogP contribution >= 0.6 is 0 Å². The third-order valence-electron chi connectivity index (χ3n) is 8.11. The Bertz CT molecular complexity index is 1140. The zero-order valence-corrected chi connectivity index (χ0v) is 22.6. The van der Waals surface area contributed by atoms with Gasteiger partial charge < -0.3 is 14.6 Å². The van der Waals surface area contributed by atoms with Crippen LogP contribution in [-0.2, 0) is 9.53 Å². The number of para-hydroxylation sites is 2. The van der Waals surface area contributed by atoms with Crippen molar-refractivity contribution in [2.24, 2.45) is 0 Å². The van der Waals surface area contributed by atoms with Crippen LogP contribution in [0.5, 0.6) is 0 Å².